The number of ether oxygens (including phenoxy) is 1. The minimum atomic E-state index is -4.53. The first kappa shape index (κ1) is 18.5. The van der Waals surface area contributed by atoms with Crippen LogP contribution in [0, 0.1) is 0 Å². The summed E-state index contributed by atoms with van der Waals surface area (Å²) in [5, 5.41) is 2.71. The minimum Gasteiger partial charge on any atom is -0.494 e. The molecule has 0 fully saturated rings. The van der Waals surface area contributed by atoms with Crippen molar-refractivity contribution in [3.8, 4) is 5.75 Å². The molecule has 0 aliphatic rings. The lowest BCUT2D eigenvalue weighted by atomic mass is 10.1. The molecule has 3 aromatic rings. The highest BCUT2D eigenvalue weighted by molar-refractivity contribution is 6.12. The number of rotatable bonds is 4. The molecule has 0 atom stereocenters. The third-order valence-electron chi connectivity index (χ3n) is 3.72. The van der Waals surface area contributed by atoms with Crippen molar-refractivity contribution in [2.75, 3.05) is 11.9 Å². The molecule has 0 aliphatic heterocycles. The molecular formula is C19H14F3NO4. The molecule has 1 heterocycles. The van der Waals surface area contributed by atoms with Gasteiger partial charge in [0.2, 0.25) is 0 Å². The van der Waals surface area contributed by atoms with Gasteiger partial charge in [0.1, 0.15) is 11.3 Å². The summed E-state index contributed by atoms with van der Waals surface area (Å²) in [5.41, 5.74) is -1.56. The zero-order valence-electron chi connectivity index (χ0n) is 14.1. The second kappa shape index (κ2) is 7.14. The Morgan fingerprint density at radius 3 is 2.63 bits per heavy atom. The number of carbonyl (C=O) groups excluding carboxylic acids is 1. The molecule has 1 N–H and O–H groups in total. The first-order valence-electron chi connectivity index (χ1n) is 7.97. The maximum Gasteiger partial charge on any atom is 0.416 e. The van der Waals surface area contributed by atoms with Gasteiger partial charge in [0.25, 0.3) is 5.91 Å². The zero-order chi connectivity index (χ0) is 19.6. The maximum absolute atomic E-state index is 12.8. The lowest BCUT2D eigenvalue weighted by Gasteiger charge is -2.11. The first-order chi connectivity index (χ1) is 12.8. The third-order valence-corrected chi connectivity index (χ3v) is 3.72. The van der Waals surface area contributed by atoms with E-state index in [1.807, 2.05) is 0 Å². The molecule has 0 bridgehead atoms. The van der Waals surface area contributed by atoms with Crippen LogP contribution >= 0.6 is 0 Å². The fraction of sp³-hybridized carbons (Fsp3) is 0.158. The van der Waals surface area contributed by atoms with Gasteiger partial charge in [-0.25, -0.2) is 4.79 Å². The van der Waals surface area contributed by atoms with Crippen LogP contribution in [0.3, 0.4) is 0 Å². The first-order valence-corrected chi connectivity index (χ1v) is 7.97. The van der Waals surface area contributed by atoms with Crippen molar-refractivity contribution in [1.82, 2.24) is 0 Å². The standard InChI is InChI=1S/C19H14F3NO4/c1-2-26-13-6-7-14-15(10-17(24)27-16(14)9-13)18(25)23-12-5-3-4-11(8-12)19(20,21)22/h3-10H,2H2,1H3,(H,23,25). The van der Waals surface area contributed by atoms with E-state index in [9.17, 15) is 22.8 Å². The van der Waals surface area contributed by atoms with Gasteiger partial charge >= 0.3 is 11.8 Å². The van der Waals surface area contributed by atoms with Crippen LogP contribution in [-0.4, -0.2) is 12.5 Å². The van der Waals surface area contributed by atoms with Gasteiger partial charge in [0.15, 0.2) is 0 Å². The van der Waals surface area contributed by atoms with E-state index in [0.717, 1.165) is 18.2 Å². The fourth-order valence-corrected chi connectivity index (χ4v) is 2.56. The number of hydrogen-bond donors (Lipinski definition) is 1. The number of halogens is 3. The average molecular weight is 377 g/mol. The summed E-state index contributed by atoms with van der Waals surface area (Å²) in [6.45, 7) is 2.20. The van der Waals surface area contributed by atoms with E-state index >= 15 is 0 Å². The highest BCUT2D eigenvalue weighted by atomic mass is 19.4. The summed E-state index contributed by atoms with van der Waals surface area (Å²) >= 11 is 0. The summed E-state index contributed by atoms with van der Waals surface area (Å²) in [5.74, 6) is -0.264. The van der Waals surface area contributed by atoms with E-state index in [4.69, 9.17) is 9.15 Å². The van der Waals surface area contributed by atoms with E-state index < -0.39 is 23.3 Å². The van der Waals surface area contributed by atoms with Crippen molar-refractivity contribution in [2.45, 2.75) is 13.1 Å². The topological polar surface area (TPSA) is 68.5 Å². The molecule has 5 nitrogen and oxygen atoms in total. The Kier molecular flexibility index (Phi) is 4.89. The van der Waals surface area contributed by atoms with E-state index in [-0.39, 0.29) is 16.8 Å². The molecule has 8 heteroatoms. The van der Waals surface area contributed by atoms with Crippen LogP contribution in [0.5, 0.6) is 5.75 Å². The maximum atomic E-state index is 12.8. The van der Waals surface area contributed by atoms with Gasteiger partial charge in [-0.3, -0.25) is 4.79 Å². The highest BCUT2D eigenvalue weighted by Crippen LogP contribution is 2.31. The monoisotopic (exact) mass is 377 g/mol. The predicted octanol–water partition coefficient (Wildman–Crippen LogP) is 4.46. The van der Waals surface area contributed by atoms with Crippen LogP contribution in [0.25, 0.3) is 11.0 Å². The number of fused-ring (bicyclic) bond motifs is 1. The Bertz CT molecular complexity index is 1060. The number of anilines is 1. The Morgan fingerprint density at radius 1 is 1.15 bits per heavy atom. The summed E-state index contributed by atoms with van der Waals surface area (Å²) in [4.78, 5) is 24.3. The van der Waals surface area contributed by atoms with Crippen LogP contribution in [0.1, 0.15) is 22.8 Å². The second-order valence-corrected chi connectivity index (χ2v) is 5.60. The van der Waals surface area contributed by atoms with Gasteiger partial charge in [-0.2, -0.15) is 13.2 Å². The summed E-state index contributed by atoms with van der Waals surface area (Å²) < 4.78 is 48.9. The van der Waals surface area contributed by atoms with Gasteiger partial charge in [-0.1, -0.05) is 6.07 Å². The van der Waals surface area contributed by atoms with Gasteiger partial charge in [-0.15, -0.1) is 0 Å². The zero-order valence-corrected chi connectivity index (χ0v) is 14.1. The van der Waals surface area contributed by atoms with Crippen LogP contribution in [-0.2, 0) is 6.18 Å². The normalized spacial score (nSPS) is 11.4. The molecule has 0 spiro atoms. The number of amides is 1. The molecule has 2 aromatic carbocycles. The molecule has 3 rings (SSSR count). The van der Waals surface area contributed by atoms with Crippen LogP contribution in [0.4, 0.5) is 18.9 Å². The molecule has 1 aromatic heterocycles. The van der Waals surface area contributed by atoms with Crippen LogP contribution < -0.4 is 15.7 Å². The van der Waals surface area contributed by atoms with Gasteiger partial charge < -0.3 is 14.5 Å². The van der Waals surface area contributed by atoms with Crippen molar-refractivity contribution in [3.63, 3.8) is 0 Å². The Labute approximate surface area is 151 Å². The molecule has 140 valence electrons. The van der Waals surface area contributed by atoms with E-state index in [1.165, 1.54) is 18.2 Å². The molecule has 27 heavy (non-hydrogen) atoms. The lowest BCUT2D eigenvalue weighted by Crippen LogP contribution is -2.16. The molecule has 0 unspecified atom stereocenters. The summed E-state index contributed by atoms with van der Waals surface area (Å²) in [6, 6.07) is 9.85. The van der Waals surface area contributed by atoms with Gasteiger partial charge in [0, 0.05) is 23.2 Å². The van der Waals surface area contributed by atoms with Gasteiger partial charge in [0.05, 0.1) is 17.7 Å². The number of carbonyl (C=O) groups is 1. The van der Waals surface area contributed by atoms with Crippen LogP contribution in [0.2, 0.25) is 0 Å². The number of benzene rings is 2. The average Bonchev–Trinajstić information content (AvgIpc) is 2.60. The van der Waals surface area contributed by atoms with E-state index in [1.54, 1.807) is 19.1 Å². The van der Waals surface area contributed by atoms with E-state index in [0.29, 0.717) is 17.7 Å². The Morgan fingerprint density at radius 2 is 1.93 bits per heavy atom. The molecule has 0 aliphatic carbocycles. The smallest absolute Gasteiger partial charge is 0.416 e. The SMILES string of the molecule is CCOc1ccc2c(C(=O)Nc3cccc(C(F)(F)F)c3)cc(=O)oc2c1. The number of alkyl halides is 3. The quantitative estimate of drug-likeness (QED) is 0.682. The van der Waals surface area contributed by atoms with E-state index in [2.05, 4.69) is 5.32 Å². The minimum absolute atomic E-state index is 0.0123. The molecule has 1 amide bonds. The highest BCUT2D eigenvalue weighted by Gasteiger charge is 2.30. The van der Waals surface area contributed by atoms with Crippen LogP contribution in [0.15, 0.2) is 57.7 Å². The molecule has 0 saturated carbocycles. The number of hydrogen-bond acceptors (Lipinski definition) is 4. The largest absolute Gasteiger partial charge is 0.494 e. The lowest BCUT2D eigenvalue weighted by molar-refractivity contribution is -0.137. The van der Waals surface area contributed by atoms with Crippen molar-refractivity contribution in [1.29, 1.82) is 0 Å². The molecule has 0 saturated heterocycles. The second-order valence-electron chi connectivity index (χ2n) is 5.60. The summed E-state index contributed by atoms with van der Waals surface area (Å²) in [6.07, 6.45) is -4.53. The van der Waals surface area contributed by atoms with Crippen molar-refractivity contribution >= 4 is 22.6 Å². The Balaban J connectivity index is 1.97. The van der Waals surface area contributed by atoms with Crippen molar-refractivity contribution < 1.29 is 27.1 Å². The van der Waals surface area contributed by atoms with Crippen molar-refractivity contribution in [3.05, 3.63) is 70.1 Å². The third kappa shape index (κ3) is 4.11. The molecular weight excluding hydrogens is 363 g/mol. The number of nitrogens with one attached hydrogen (secondary N) is 1. The van der Waals surface area contributed by atoms with Gasteiger partial charge in [-0.05, 0) is 37.3 Å². The fourth-order valence-electron chi connectivity index (χ4n) is 2.56. The Hall–Kier alpha value is -3.29. The summed E-state index contributed by atoms with van der Waals surface area (Å²) in [7, 11) is 0. The van der Waals surface area contributed by atoms with Crippen molar-refractivity contribution in [2.24, 2.45) is 0 Å². The predicted molar refractivity (Wildman–Crippen MR) is 93.1 cm³/mol. The molecule has 0 radical (unpaired) electrons.